The van der Waals surface area contributed by atoms with Crippen LogP contribution in [0.1, 0.15) is 61.5 Å². The zero-order valence-corrected chi connectivity index (χ0v) is 20.2. The zero-order chi connectivity index (χ0) is 24.8. The number of nitrogens with two attached hydrogens (primary N) is 1. The standard InChI is InChI=1S/C24H28F2N4O3S/c1-14-10-20-17(11-18(14)26)21(23(27)31)22(30(20)15-6-4-5-7-15)19-9-8-16(12-28-19)34(32,33)29-24(2,3)13-25/h8-12,15,29H,4-7,13H2,1-3H3,(H2,27,31). The largest absolute Gasteiger partial charge is 0.366 e. The number of alkyl halides is 1. The maximum atomic E-state index is 14.5. The van der Waals surface area contributed by atoms with Gasteiger partial charge >= 0.3 is 0 Å². The molecule has 0 saturated heterocycles. The molecule has 0 spiro atoms. The summed E-state index contributed by atoms with van der Waals surface area (Å²) in [5.74, 6) is -1.16. The van der Waals surface area contributed by atoms with Gasteiger partial charge < -0.3 is 10.3 Å². The van der Waals surface area contributed by atoms with Crippen molar-refractivity contribution in [3.63, 3.8) is 0 Å². The van der Waals surface area contributed by atoms with Crippen molar-refractivity contribution in [1.29, 1.82) is 0 Å². The Morgan fingerprint density at radius 3 is 2.50 bits per heavy atom. The van der Waals surface area contributed by atoms with Gasteiger partial charge in [-0.3, -0.25) is 9.78 Å². The molecule has 1 fully saturated rings. The van der Waals surface area contributed by atoms with Gasteiger partial charge in [-0.15, -0.1) is 0 Å². The van der Waals surface area contributed by atoms with Crippen LogP contribution in [-0.4, -0.2) is 36.1 Å². The number of amides is 1. The molecule has 1 saturated carbocycles. The maximum absolute atomic E-state index is 14.5. The first-order valence-electron chi connectivity index (χ1n) is 11.2. The number of benzene rings is 1. The third-order valence-corrected chi connectivity index (χ3v) is 7.94. The number of aryl methyl sites for hydroxylation is 1. The lowest BCUT2D eigenvalue weighted by Crippen LogP contribution is -2.45. The molecule has 34 heavy (non-hydrogen) atoms. The molecule has 2 heterocycles. The Kier molecular flexibility index (Phi) is 6.24. The Labute approximate surface area is 197 Å². The SMILES string of the molecule is Cc1cc2c(cc1F)c(C(N)=O)c(-c1ccc(S(=O)(=O)NC(C)(C)CF)cn1)n2C1CCCC1. The highest BCUT2D eigenvalue weighted by Gasteiger charge is 2.30. The molecular weight excluding hydrogens is 462 g/mol. The van der Waals surface area contributed by atoms with Gasteiger partial charge in [0.1, 0.15) is 17.4 Å². The van der Waals surface area contributed by atoms with E-state index in [1.807, 2.05) is 4.57 Å². The van der Waals surface area contributed by atoms with Crippen molar-refractivity contribution in [2.75, 3.05) is 6.67 Å². The first-order chi connectivity index (χ1) is 15.9. The second-order valence-corrected chi connectivity index (χ2v) is 11.2. The lowest BCUT2D eigenvalue weighted by Gasteiger charge is -2.22. The number of halogens is 2. The molecule has 2 aromatic heterocycles. The van der Waals surface area contributed by atoms with Crippen molar-refractivity contribution in [3.8, 4) is 11.4 Å². The smallest absolute Gasteiger partial charge is 0.251 e. The van der Waals surface area contributed by atoms with Gasteiger partial charge in [-0.05, 0) is 63.4 Å². The molecule has 1 aliphatic rings. The van der Waals surface area contributed by atoms with Crippen LogP contribution in [0.2, 0.25) is 0 Å². The van der Waals surface area contributed by atoms with Crippen LogP contribution in [0.25, 0.3) is 22.3 Å². The number of nitrogens with one attached hydrogen (secondary N) is 1. The first-order valence-corrected chi connectivity index (χ1v) is 12.6. The van der Waals surface area contributed by atoms with Crippen molar-refractivity contribution in [2.24, 2.45) is 5.73 Å². The molecule has 3 aromatic rings. The van der Waals surface area contributed by atoms with Crippen molar-refractivity contribution >= 4 is 26.8 Å². The third-order valence-electron chi connectivity index (χ3n) is 6.25. The Hall–Kier alpha value is -2.85. The molecule has 0 atom stereocenters. The van der Waals surface area contributed by atoms with Gasteiger partial charge in [-0.25, -0.2) is 21.9 Å². The van der Waals surface area contributed by atoms with Crippen molar-refractivity contribution in [2.45, 2.75) is 62.9 Å². The van der Waals surface area contributed by atoms with Gasteiger partial charge in [-0.1, -0.05) is 12.8 Å². The lowest BCUT2D eigenvalue weighted by atomic mass is 10.1. The fourth-order valence-corrected chi connectivity index (χ4v) is 5.94. The minimum atomic E-state index is -4.02. The second kappa shape index (κ2) is 8.74. The fourth-order valence-electron chi connectivity index (χ4n) is 4.61. The summed E-state index contributed by atoms with van der Waals surface area (Å²) in [5.41, 5.74) is 6.57. The molecule has 0 aliphatic heterocycles. The Morgan fingerprint density at radius 2 is 1.94 bits per heavy atom. The normalized spacial score (nSPS) is 15.3. The number of primary amides is 1. The van der Waals surface area contributed by atoms with Crippen LogP contribution < -0.4 is 10.5 Å². The van der Waals surface area contributed by atoms with Crippen LogP contribution in [0.4, 0.5) is 8.78 Å². The second-order valence-electron chi connectivity index (χ2n) is 9.52. The molecule has 182 valence electrons. The van der Waals surface area contributed by atoms with E-state index in [1.165, 1.54) is 38.2 Å². The molecule has 1 amide bonds. The third kappa shape index (κ3) is 4.32. The van der Waals surface area contributed by atoms with E-state index in [0.29, 0.717) is 27.9 Å². The van der Waals surface area contributed by atoms with E-state index >= 15 is 0 Å². The van der Waals surface area contributed by atoms with E-state index in [-0.39, 0.29) is 16.5 Å². The number of hydrogen-bond acceptors (Lipinski definition) is 4. The zero-order valence-electron chi connectivity index (χ0n) is 19.4. The molecule has 4 rings (SSSR count). The highest BCUT2D eigenvalue weighted by Crippen LogP contribution is 2.41. The van der Waals surface area contributed by atoms with E-state index in [1.54, 1.807) is 13.0 Å². The maximum Gasteiger partial charge on any atom is 0.251 e. The first kappa shape index (κ1) is 24.3. The Balaban J connectivity index is 1.91. The predicted molar refractivity (Wildman–Crippen MR) is 126 cm³/mol. The van der Waals surface area contributed by atoms with Crippen LogP contribution in [-0.2, 0) is 10.0 Å². The van der Waals surface area contributed by atoms with Crippen LogP contribution in [0.5, 0.6) is 0 Å². The van der Waals surface area contributed by atoms with Crippen molar-refractivity contribution in [1.82, 2.24) is 14.3 Å². The summed E-state index contributed by atoms with van der Waals surface area (Å²) >= 11 is 0. The van der Waals surface area contributed by atoms with Gasteiger partial charge in [-0.2, -0.15) is 0 Å². The summed E-state index contributed by atoms with van der Waals surface area (Å²) in [7, 11) is -4.02. The Bertz CT molecular complexity index is 1360. The number of carbonyl (C=O) groups excluding carboxylic acids is 1. The molecule has 3 N–H and O–H groups in total. The molecule has 7 nitrogen and oxygen atoms in total. The quantitative estimate of drug-likeness (QED) is 0.512. The average molecular weight is 491 g/mol. The molecular formula is C24H28F2N4O3S. The predicted octanol–water partition coefficient (Wildman–Crippen LogP) is 4.39. The number of sulfonamides is 1. The summed E-state index contributed by atoms with van der Waals surface area (Å²) in [4.78, 5) is 16.8. The van der Waals surface area contributed by atoms with E-state index in [0.717, 1.165) is 25.7 Å². The lowest BCUT2D eigenvalue weighted by molar-refractivity contribution is 0.100. The van der Waals surface area contributed by atoms with E-state index in [2.05, 4.69) is 9.71 Å². The number of rotatable bonds is 7. The van der Waals surface area contributed by atoms with Gasteiger partial charge in [0.25, 0.3) is 5.91 Å². The average Bonchev–Trinajstić information content (AvgIpc) is 3.39. The van der Waals surface area contributed by atoms with Crippen LogP contribution in [0.3, 0.4) is 0 Å². The number of aromatic nitrogens is 2. The highest BCUT2D eigenvalue weighted by atomic mass is 32.2. The van der Waals surface area contributed by atoms with Gasteiger partial charge in [0.05, 0.1) is 28.0 Å². The molecule has 0 radical (unpaired) electrons. The van der Waals surface area contributed by atoms with Crippen molar-refractivity contribution in [3.05, 3.63) is 47.4 Å². The monoisotopic (exact) mass is 490 g/mol. The van der Waals surface area contributed by atoms with Gasteiger partial charge in [0.15, 0.2) is 0 Å². The molecule has 0 unspecified atom stereocenters. The fraction of sp³-hybridized carbons (Fsp3) is 0.417. The van der Waals surface area contributed by atoms with E-state index in [4.69, 9.17) is 5.73 Å². The van der Waals surface area contributed by atoms with E-state index < -0.39 is 34.0 Å². The molecule has 10 heteroatoms. The van der Waals surface area contributed by atoms with Gasteiger partial charge in [0, 0.05) is 17.6 Å². The Morgan fingerprint density at radius 1 is 1.26 bits per heavy atom. The number of pyridine rings is 1. The van der Waals surface area contributed by atoms with Crippen LogP contribution in [0, 0.1) is 12.7 Å². The summed E-state index contributed by atoms with van der Waals surface area (Å²) in [6.07, 6.45) is 4.99. The number of nitrogens with zero attached hydrogens (tertiary/aromatic N) is 2. The van der Waals surface area contributed by atoms with Crippen molar-refractivity contribution < 1.29 is 22.0 Å². The van der Waals surface area contributed by atoms with E-state index in [9.17, 15) is 22.0 Å². The summed E-state index contributed by atoms with van der Waals surface area (Å²) in [6.45, 7) is 3.66. The van der Waals surface area contributed by atoms with Gasteiger partial charge in [0.2, 0.25) is 10.0 Å². The molecule has 0 bridgehead atoms. The minimum absolute atomic E-state index is 0.0766. The topological polar surface area (TPSA) is 107 Å². The number of carbonyl (C=O) groups is 1. The number of hydrogen-bond donors (Lipinski definition) is 2. The summed E-state index contributed by atoms with van der Waals surface area (Å²) in [6, 6.07) is 5.95. The minimum Gasteiger partial charge on any atom is -0.366 e. The molecule has 1 aromatic carbocycles. The van der Waals surface area contributed by atoms with Crippen LogP contribution >= 0.6 is 0 Å². The molecule has 1 aliphatic carbocycles. The summed E-state index contributed by atoms with van der Waals surface area (Å²) < 4.78 is 57.3. The number of fused-ring (bicyclic) bond motifs is 1. The highest BCUT2D eigenvalue weighted by molar-refractivity contribution is 7.89. The van der Waals surface area contributed by atoms with Crippen LogP contribution in [0.15, 0.2) is 35.4 Å². The summed E-state index contributed by atoms with van der Waals surface area (Å²) in [5, 5.41) is 0.405.